The fourth-order valence-electron chi connectivity index (χ4n) is 2.66. The van der Waals surface area contributed by atoms with Crippen LogP contribution < -0.4 is 5.73 Å². The van der Waals surface area contributed by atoms with Crippen LogP contribution in [0.1, 0.15) is 32.2 Å². The van der Waals surface area contributed by atoms with Gasteiger partial charge >= 0.3 is 0 Å². The SMILES string of the molecule is CC(C)(C)[C@H](N)C(=O)N1CCc2oc(-c3ccccc3)nc2C1. The van der Waals surface area contributed by atoms with Crippen LogP contribution in [0.5, 0.6) is 0 Å². The molecular weight excluding hydrogens is 290 g/mol. The molecule has 2 N–H and O–H groups in total. The highest BCUT2D eigenvalue weighted by Crippen LogP contribution is 2.27. The number of nitrogens with zero attached hydrogens (tertiary/aromatic N) is 2. The number of nitrogens with two attached hydrogens (primary N) is 1. The molecule has 0 bridgehead atoms. The first-order valence-electron chi connectivity index (χ1n) is 7.94. The summed E-state index contributed by atoms with van der Waals surface area (Å²) in [5.74, 6) is 1.47. The highest BCUT2D eigenvalue weighted by Gasteiger charge is 2.34. The Morgan fingerprint density at radius 3 is 2.65 bits per heavy atom. The van der Waals surface area contributed by atoms with E-state index in [9.17, 15) is 4.79 Å². The Hall–Kier alpha value is -2.14. The van der Waals surface area contributed by atoms with Gasteiger partial charge in [-0.25, -0.2) is 4.98 Å². The molecule has 0 fully saturated rings. The third-order valence-electron chi connectivity index (χ3n) is 4.26. The van der Waals surface area contributed by atoms with Gasteiger partial charge in [-0.1, -0.05) is 39.0 Å². The van der Waals surface area contributed by atoms with E-state index in [0.29, 0.717) is 25.4 Å². The molecular formula is C18H23N3O2. The van der Waals surface area contributed by atoms with E-state index in [0.717, 1.165) is 17.0 Å². The van der Waals surface area contributed by atoms with Crippen molar-refractivity contribution in [2.75, 3.05) is 6.54 Å². The summed E-state index contributed by atoms with van der Waals surface area (Å²) in [5, 5.41) is 0. The van der Waals surface area contributed by atoms with Crippen LogP contribution in [0.2, 0.25) is 0 Å². The Labute approximate surface area is 136 Å². The summed E-state index contributed by atoms with van der Waals surface area (Å²) < 4.78 is 5.87. The first-order valence-corrected chi connectivity index (χ1v) is 7.94. The molecule has 1 aliphatic heterocycles. The molecule has 0 saturated carbocycles. The van der Waals surface area contributed by atoms with E-state index in [1.165, 1.54) is 0 Å². The molecule has 23 heavy (non-hydrogen) atoms. The minimum Gasteiger partial charge on any atom is -0.441 e. The van der Waals surface area contributed by atoms with Crippen molar-refractivity contribution in [2.24, 2.45) is 11.1 Å². The Kier molecular flexibility index (Phi) is 3.98. The molecule has 0 aliphatic carbocycles. The van der Waals surface area contributed by atoms with Crippen LogP contribution >= 0.6 is 0 Å². The van der Waals surface area contributed by atoms with Crippen molar-refractivity contribution >= 4 is 5.91 Å². The average molecular weight is 313 g/mol. The Morgan fingerprint density at radius 2 is 2.00 bits per heavy atom. The number of rotatable bonds is 2. The van der Waals surface area contributed by atoms with Gasteiger partial charge in [0.1, 0.15) is 11.5 Å². The largest absolute Gasteiger partial charge is 0.441 e. The third kappa shape index (κ3) is 3.15. The number of amides is 1. The first kappa shape index (κ1) is 15.7. The van der Waals surface area contributed by atoms with Crippen LogP contribution in [0.25, 0.3) is 11.5 Å². The van der Waals surface area contributed by atoms with Crippen molar-refractivity contribution in [3.05, 3.63) is 41.8 Å². The van der Waals surface area contributed by atoms with Crippen molar-refractivity contribution in [2.45, 2.75) is 39.8 Å². The van der Waals surface area contributed by atoms with Gasteiger partial charge in [0, 0.05) is 18.5 Å². The van der Waals surface area contributed by atoms with Crippen LogP contribution in [0.15, 0.2) is 34.7 Å². The summed E-state index contributed by atoms with van der Waals surface area (Å²) in [4.78, 5) is 18.9. The molecule has 1 amide bonds. The van der Waals surface area contributed by atoms with Gasteiger partial charge in [0.15, 0.2) is 0 Å². The lowest BCUT2D eigenvalue weighted by molar-refractivity contribution is -0.136. The molecule has 5 nitrogen and oxygen atoms in total. The van der Waals surface area contributed by atoms with E-state index in [1.807, 2.05) is 51.1 Å². The molecule has 2 aromatic rings. The van der Waals surface area contributed by atoms with E-state index < -0.39 is 6.04 Å². The fraction of sp³-hybridized carbons (Fsp3) is 0.444. The molecule has 1 aromatic heterocycles. The first-order chi connectivity index (χ1) is 10.9. The van der Waals surface area contributed by atoms with Crippen LogP contribution in [-0.2, 0) is 17.8 Å². The molecule has 0 spiro atoms. The van der Waals surface area contributed by atoms with E-state index in [-0.39, 0.29) is 11.3 Å². The van der Waals surface area contributed by atoms with Crippen molar-refractivity contribution < 1.29 is 9.21 Å². The lowest BCUT2D eigenvalue weighted by atomic mass is 9.86. The van der Waals surface area contributed by atoms with Crippen molar-refractivity contribution in [3.8, 4) is 11.5 Å². The normalized spacial score (nSPS) is 16.1. The number of benzene rings is 1. The average Bonchev–Trinajstić information content (AvgIpc) is 2.96. The van der Waals surface area contributed by atoms with Crippen molar-refractivity contribution in [1.82, 2.24) is 9.88 Å². The molecule has 0 unspecified atom stereocenters. The summed E-state index contributed by atoms with van der Waals surface area (Å²) in [6, 6.07) is 9.30. The van der Waals surface area contributed by atoms with E-state index >= 15 is 0 Å². The number of aromatic nitrogens is 1. The molecule has 1 aromatic carbocycles. The Bertz CT molecular complexity index is 701. The molecule has 1 atom stereocenters. The molecule has 3 rings (SSSR count). The minimum absolute atomic E-state index is 0.0209. The zero-order chi connectivity index (χ0) is 16.6. The third-order valence-corrected chi connectivity index (χ3v) is 4.26. The minimum atomic E-state index is -0.510. The van der Waals surface area contributed by atoms with Gasteiger partial charge in [0.25, 0.3) is 0 Å². The highest BCUT2D eigenvalue weighted by atomic mass is 16.4. The topological polar surface area (TPSA) is 72.4 Å². The highest BCUT2D eigenvalue weighted by molar-refractivity contribution is 5.82. The van der Waals surface area contributed by atoms with Crippen LogP contribution in [0.4, 0.5) is 0 Å². The van der Waals surface area contributed by atoms with Crippen LogP contribution in [-0.4, -0.2) is 28.4 Å². The zero-order valence-electron chi connectivity index (χ0n) is 13.9. The van der Waals surface area contributed by atoms with Gasteiger partial charge in [-0.15, -0.1) is 0 Å². The maximum Gasteiger partial charge on any atom is 0.240 e. The second-order valence-corrected chi connectivity index (χ2v) is 7.11. The lowest BCUT2D eigenvalue weighted by Crippen LogP contribution is -2.51. The molecule has 0 saturated heterocycles. The quantitative estimate of drug-likeness (QED) is 0.925. The molecule has 5 heteroatoms. The maximum atomic E-state index is 12.6. The van der Waals surface area contributed by atoms with E-state index in [1.54, 1.807) is 4.90 Å². The Balaban J connectivity index is 1.79. The maximum absolute atomic E-state index is 12.6. The fourth-order valence-corrected chi connectivity index (χ4v) is 2.66. The number of fused-ring (bicyclic) bond motifs is 1. The summed E-state index contributed by atoms with van der Waals surface area (Å²) in [7, 11) is 0. The summed E-state index contributed by atoms with van der Waals surface area (Å²) in [6.07, 6.45) is 0.678. The van der Waals surface area contributed by atoms with Gasteiger partial charge in [-0.05, 0) is 17.5 Å². The van der Waals surface area contributed by atoms with E-state index in [2.05, 4.69) is 4.98 Å². The van der Waals surface area contributed by atoms with Crippen molar-refractivity contribution in [1.29, 1.82) is 0 Å². The van der Waals surface area contributed by atoms with Gasteiger partial charge in [-0.3, -0.25) is 4.79 Å². The number of oxazole rings is 1. The second kappa shape index (κ2) is 5.81. The number of hydrogen-bond donors (Lipinski definition) is 1. The smallest absolute Gasteiger partial charge is 0.240 e. The Morgan fingerprint density at radius 1 is 1.30 bits per heavy atom. The van der Waals surface area contributed by atoms with Crippen molar-refractivity contribution in [3.63, 3.8) is 0 Å². The number of carbonyl (C=O) groups is 1. The predicted molar refractivity (Wildman–Crippen MR) is 88.5 cm³/mol. The van der Waals surface area contributed by atoms with Gasteiger partial charge in [0.2, 0.25) is 11.8 Å². The van der Waals surface area contributed by atoms with Gasteiger partial charge in [-0.2, -0.15) is 0 Å². The lowest BCUT2D eigenvalue weighted by Gasteiger charge is -2.33. The number of hydrogen-bond acceptors (Lipinski definition) is 4. The summed E-state index contributed by atoms with van der Waals surface area (Å²) in [6.45, 7) is 7.03. The molecule has 1 aliphatic rings. The summed E-state index contributed by atoms with van der Waals surface area (Å²) in [5.41, 5.74) is 7.64. The summed E-state index contributed by atoms with van der Waals surface area (Å²) >= 11 is 0. The predicted octanol–water partition coefficient (Wildman–Crippen LogP) is 2.60. The molecule has 122 valence electrons. The van der Waals surface area contributed by atoms with Gasteiger partial charge < -0.3 is 15.1 Å². The molecule has 0 radical (unpaired) electrons. The molecule has 2 heterocycles. The van der Waals surface area contributed by atoms with Gasteiger partial charge in [0.05, 0.1) is 12.6 Å². The second-order valence-electron chi connectivity index (χ2n) is 7.11. The monoisotopic (exact) mass is 313 g/mol. The standard InChI is InChI=1S/C18H23N3O2/c1-18(2,3)15(19)17(22)21-10-9-14-13(11-21)20-16(23-14)12-7-5-4-6-8-12/h4-8,15H,9-11,19H2,1-3H3/t15-/m1/s1. The zero-order valence-corrected chi connectivity index (χ0v) is 13.9. The van der Waals surface area contributed by atoms with E-state index in [4.69, 9.17) is 10.2 Å². The van der Waals surface area contributed by atoms with Crippen LogP contribution in [0.3, 0.4) is 0 Å². The van der Waals surface area contributed by atoms with Crippen LogP contribution in [0, 0.1) is 5.41 Å². The number of carbonyl (C=O) groups excluding carboxylic acids is 1.